The number of hydrogen-bond acceptors (Lipinski definition) is 0. The largest absolute Gasteiger partial charge is 0.0654 e. The molecule has 0 N–H and O–H groups in total. The van der Waals surface area contributed by atoms with Crippen LogP contribution in [0.25, 0.3) is 0 Å². The summed E-state index contributed by atoms with van der Waals surface area (Å²) < 4.78 is 0. The first-order valence-electron chi connectivity index (χ1n) is 9.81. The zero-order chi connectivity index (χ0) is 15.5. The Labute approximate surface area is 137 Å². The average molecular weight is 299 g/mol. The van der Waals surface area contributed by atoms with Gasteiger partial charge < -0.3 is 0 Å². The van der Waals surface area contributed by atoms with E-state index in [2.05, 4.69) is 38.1 Å². The normalized spacial score (nSPS) is 30.6. The van der Waals surface area contributed by atoms with E-state index in [0.29, 0.717) is 5.41 Å². The second-order valence-corrected chi connectivity index (χ2v) is 8.18. The minimum atomic E-state index is 0.539. The van der Waals surface area contributed by atoms with Gasteiger partial charge in [0, 0.05) is 0 Å². The Hall–Kier alpha value is -0.780. The van der Waals surface area contributed by atoms with Crippen molar-refractivity contribution in [2.75, 3.05) is 0 Å². The van der Waals surface area contributed by atoms with E-state index in [1.807, 2.05) is 0 Å². The smallest absolute Gasteiger partial charge is 0.00463 e. The van der Waals surface area contributed by atoms with Gasteiger partial charge in [0.05, 0.1) is 0 Å². The van der Waals surface area contributed by atoms with E-state index in [0.717, 1.165) is 5.41 Å². The molecule has 0 heteroatoms. The number of hydrogen-bond donors (Lipinski definition) is 0. The Morgan fingerprint density at radius 1 is 0.773 bits per heavy atom. The number of aryl methyl sites for hydroxylation is 1. The van der Waals surface area contributed by atoms with Crippen LogP contribution in [-0.4, -0.2) is 0 Å². The highest BCUT2D eigenvalue weighted by Crippen LogP contribution is 2.59. The molecule has 0 spiro atoms. The number of unbranched alkanes of at least 4 members (excludes halogenated alkanes) is 2. The van der Waals surface area contributed by atoms with Crippen molar-refractivity contribution >= 4 is 0 Å². The molecule has 1 aromatic rings. The third kappa shape index (κ3) is 3.12. The lowest BCUT2D eigenvalue weighted by Crippen LogP contribution is -2.44. The summed E-state index contributed by atoms with van der Waals surface area (Å²) >= 11 is 0. The molecule has 0 saturated heterocycles. The predicted molar refractivity (Wildman–Crippen MR) is 96.4 cm³/mol. The van der Waals surface area contributed by atoms with Crippen molar-refractivity contribution in [2.24, 2.45) is 5.41 Å². The van der Waals surface area contributed by atoms with Gasteiger partial charge in [0.2, 0.25) is 0 Å². The van der Waals surface area contributed by atoms with Crippen LogP contribution in [-0.2, 0) is 11.8 Å². The summed E-state index contributed by atoms with van der Waals surface area (Å²) in [4.78, 5) is 0. The van der Waals surface area contributed by atoms with Gasteiger partial charge in [-0.05, 0) is 79.7 Å². The summed E-state index contributed by atoms with van der Waals surface area (Å²) in [7, 11) is 0. The van der Waals surface area contributed by atoms with Gasteiger partial charge in [0.1, 0.15) is 0 Å². The first-order chi connectivity index (χ1) is 10.7. The Kier molecular flexibility index (Phi) is 4.95. The van der Waals surface area contributed by atoms with E-state index in [1.165, 1.54) is 82.6 Å². The highest BCUT2D eigenvalue weighted by molar-refractivity contribution is 5.31. The molecular weight excluding hydrogens is 264 g/mol. The highest BCUT2D eigenvalue weighted by atomic mass is 14.5. The summed E-state index contributed by atoms with van der Waals surface area (Å²) in [5, 5.41) is 0. The molecule has 4 rings (SSSR count). The highest BCUT2D eigenvalue weighted by Gasteiger charge is 2.48. The molecule has 0 unspecified atom stereocenters. The fraction of sp³-hybridized carbons (Fsp3) is 0.727. The van der Waals surface area contributed by atoms with E-state index in [9.17, 15) is 0 Å². The summed E-state index contributed by atoms with van der Waals surface area (Å²) in [6, 6.07) is 9.76. The van der Waals surface area contributed by atoms with E-state index in [-0.39, 0.29) is 0 Å². The number of fused-ring (bicyclic) bond motifs is 3. The van der Waals surface area contributed by atoms with Crippen LogP contribution in [0.15, 0.2) is 24.3 Å². The molecule has 0 amide bonds. The lowest BCUT2D eigenvalue weighted by Gasteiger charge is -2.54. The standard InChI is InChI=1S/C22H34/c1-3-5-7-19-8-10-20(11-9-19)22-16-13-21(14-17-22,15-18-22)12-6-4-2/h8-11H,3-7,12-18H2,1-2H3. The van der Waals surface area contributed by atoms with Gasteiger partial charge >= 0.3 is 0 Å². The monoisotopic (exact) mass is 298 g/mol. The summed E-state index contributed by atoms with van der Waals surface area (Å²) in [6.07, 6.45) is 17.0. The maximum atomic E-state index is 2.47. The summed E-state index contributed by atoms with van der Waals surface area (Å²) in [5.74, 6) is 0. The van der Waals surface area contributed by atoms with Crippen molar-refractivity contribution in [3.8, 4) is 0 Å². The summed E-state index contributed by atoms with van der Waals surface area (Å²) in [6.45, 7) is 4.62. The van der Waals surface area contributed by atoms with Crippen LogP contribution < -0.4 is 0 Å². The van der Waals surface area contributed by atoms with Crippen molar-refractivity contribution in [3.63, 3.8) is 0 Å². The molecule has 0 radical (unpaired) electrons. The van der Waals surface area contributed by atoms with Gasteiger partial charge in [0.25, 0.3) is 0 Å². The maximum Gasteiger partial charge on any atom is -0.00463 e. The van der Waals surface area contributed by atoms with Crippen molar-refractivity contribution < 1.29 is 0 Å². The maximum absolute atomic E-state index is 2.47. The van der Waals surface area contributed by atoms with Gasteiger partial charge in [-0.3, -0.25) is 0 Å². The third-order valence-corrected chi connectivity index (χ3v) is 6.85. The Morgan fingerprint density at radius 3 is 1.91 bits per heavy atom. The van der Waals surface area contributed by atoms with Crippen molar-refractivity contribution in [1.82, 2.24) is 0 Å². The molecule has 122 valence electrons. The zero-order valence-electron chi connectivity index (χ0n) is 14.8. The van der Waals surface area contributed by atoms with Crippen molar-refractivity contribution in [1.29, 1.82) is 0 Å². The second kappa shape index (κ2) is 6.77. The van der Waals surface area contributed by atoms with E-state index in [1.54, 1.807) is 5.56 Å². The van der Waals surface area contributed by atoms with Gasteiger partial charge in [-0.1, -0.05) is 57.4 Å². The minimum absolute atomic E-state index is 0.539. The first kappa shape index (κ1) is 16.1. The van der Waals surface area contributed by atoms with Crippen molar-refractivity contribution in [2.45, 2.75) is 96.3 Å². The second-order valence-electron chi connectivity index (χ2n) is 8.18. The van der Waals surface area contributed by atoms with E-state index < -0.39 is 0 Å². The minimum Gasteiger partial charge on any atom is -0.0654 e. The SMILES string of the molecule is CCCCc1ccc(C23CCC(CCCC)(CC2)CC3)cc1. The number of benzene rings is 1. The summed E-state index contributed by atoms with van der Waals surface area (Å²) in [5.41, 5.74) is 4.46. The Balaban J connectivity index is 1.66. The molecule has 3 aliphatic rings. The molecule has 3 aliphatic carbocycles. The predicted octanol–water partition coefficient (Wildman–Crippen LogP) is 6.81. The fourth-order valence-electron chi connectivity index (χ4n) is 5.03. The molecule has 3 saturated carbocycles. The average Bonchev–Trinajstić information content (AvgIpc) is 2.60. The topological polar surface area (TPSA) is 0 Å². The number of rotatable bonds is 7. The van der Waals surface area contributed by atoms with E-state index >= 15 is 0 Å². The molecule has 0 aromatic heterocycles. The molecule has 22 heavy (non-hydrogen) atoms. The molecule has 0 heterocycles. The van der Waals surface area contributed by atoms with Gasteiger partial charge in [-0.25, -0.2) is 0 Å². The molecule has 1 aromatic carbocycles. The van der Waals surface area contributed by atoms with Crippen LogP contribution in [0.5, 0.6) is 0 Å². The fourth-order valence-corrected chi connectivity index (χ4v) is 5.03. The lowest BCUT2D eigenvalue weighted by atomic mass is 9.51. The molecule has 0 atom stereocenters. The third-order valence-electron chi connectivity index (χ3n) is 6.85. The molecular formula is C22H34. The van der Waals surface area contributed by atoms with E-state index in [4.69, 9.17) is 0 Å². The molecule has 0 nitrogen and oxygen atoms in total. The molecule has 2 bridgehead atoms. The Bertz CT molecular complexity index is 443. The quantitative estimate of drug-likeness (QED) is 0.518. The van der Waals surface area contributed by atoms with Crippen LogP contribution in [0.2, 0.25) is 0 Å². The van der Waals surface area contributed by atoms with Crippen LogP contribution in [0, 0.1) is 5.41 Å². The van der Waals surface area contributed by atoms with Crippen molar-refractivity contribution in [3.05, 3.63) is 35.4 Å². The first-order valence-corrected chi connectivity index (χ1v) is 9.81. The van der Waals surface area contributed by atoms with Crippen LogP contribution in [0.1, 0.15) is 95.6 Å². The molecule has 0 aliphatic heterocycles. The molecule has 3 fully saturated rings. The van der Waals surface area contributed by atoms with Gasteiger partial charge in [0.15, 0.2) is 0 Å². The van der Waals surface area contributed by atoms with Crippen LogP contribution >= 0.6 is 0 Å². The van der Waals surface area contributed by atoms with Crippen LogP contribution in [0.4, 0.5) is 0 Å². The van der Waals surface area contributed by atoms with Crippen LogP contribution in [0.3, 0.4) is 0 Å². The lowest BCUT2D eigenvalue weighted by molar-refractivity contribution is 0.0308. The Morgan fingerprint density at radius 2 is 1.36 bits per heavy atom. The zero-order valence-corrected chi connectivity index (χ0v) is 14.8. The van der Waals surface area contributed by atoms with Gasteiger partial charge in [-0.15, -0.1) is 0 Å². The van der Waals surface area contributed by atoms with Gasteiger partial charge in [-0.2, -0.15) is 0 Å².